The van der Waals surface area contributed by atoms with Crippen molar-refractivity contribution in [2.45, 2.75) is 46.1 Å². The maximum Gasteiger partial charge on any atom is 0.236 e. The van der Waals surface area contributed by atoms with Gasteiger partial charge in [-0.15, -0.1) is 0 Å². The first-order chi connectivity index (χ1) is 7.51. The van der Waals surface area contributed by atoms with E-state index in [0.717, 1.165) is 12.8 Å². The van der Waals surface area contributed by atoms with E-state index < -0.39 is 6.04 Å². The highest BCUT2D eigenvalue weighted by Gasteiger charge is 2.15. The van der Waals surface area contributed by atoms with Crippen molar-refractivity contribution in [1.29, 1.82) is 0 Å². The fraction of sp³-hybridized carbons (Fsp3) is 0.917. The fourth-order valence-corrected chi connectivity index (χ4v) is 1.62. The molecule has 96 valence electrons. The predicted octanol–water partition coefficient (Wildman–Crippen LogP) is 0.885. The first-order valence-corrected chi connectivity index (χ1v) is 6.15. The van der Waals surface area contributed by atoms with E-state index in [-0.39, 0.29) is 12.5 Å². The van der Waals surface area contributed by atoms with Crippen LogP contribution in [0.25, 0.3) is 0 Å². The quantitative estimate of drug-likeness (QED) is 0.579. The molecule has 1 unspecified atom stereocenters. The van der Waals surface area contributed by atoms with Gasteiger partial charge in [-0.3, -0.25) is 4.79 Å². The van der Waals surface area contributed by atoms with Crippen molar-refractivity contribution in [3.05, 3.63) is 0 Å². The van der Waals surface area contributed by atoms with Gasteiger partial charge in [-0.25, -0.2) is 0 Å². The van der Waals surface area contributed by atoms with Gasteiger partial charge < -0.3 is 16.2 Å². The average molecular weight is 230 g/mol. The van der Waals surface area contributed by atoms with Gasteiger partial charge >= 0.3 is 0 Å². The first-order valence-electron chi connectivity index (χ1n) is 6.15. The van der Waals surface area contributed by atoms with Gasteiger partial charge in [-0.2, -0.15) is 0 Å². The molecule has 0 heterocycles. The zero-order chi connectivity index (χ0) is 12.6. The van der Waals surface area contributed by atoms with Crippen molar-refractivity contribution in [1.82, 2.24) is 5.32 Å². The summed E-state index contributed by atoms with van der Waals surface area (Å²) in [5.41, 5.74) is 5.76. The molecule has 4 heteroatoms. The molecular formula is C12H26N2O2. The summed E-state index contributed by atoms with van der Waals surface area (Å²) < 4.78 is 0. The smallest absolute Gasteiger partial charge is 0.236 e. The van der Waals surface area contributed by atoms with Gasteiger partial charge in [0.2, 0.25) is 5.91 Å². The van der Waals surface area contributed by atoms with Crippen LogP contribution >= 0.6 is 0 Å². The standard InChI is InChI=1S/C12H26N2O2/c1-4-10(5-6-15)8-14-12(16)11(13)7-9(2)3/h9-11,15H,4-8,13H2,1-3H3,(H,14,16)/t10?,11-/m0/s1. The molecule has 0 aromatic carbocycles. The third-order valence-corrected chi connectivity index (χ3v) is 2.74. The molecule has 0 fully saturated rings. The van der Waals surface area contributed by atoms with Gasteiger partial charge in [0, 0.05) is 13.2 Å². The highest BCUT2D eigenvalue weighted by Crippen LogP contribution is 2.06. The molecule has 1 amide bonds. The minimum absolute atomic E-state index is 0.0786. The van der Waals surface area contributed by atoms with E-state index in [0.29, 0.717) is 24.8 Å². The Morgan fingerprint density at radius 3 is 2.50 bits per heavy atom. The number of carbonyl (C=O) groups excluding carboxylic acids is 1. The van der Waals surface area contributed by atoms with E-state index in [1.54, 1.807) is 0 Å². The largest absolute Gasteiger partial charge is 0.396 e. The average Bonchev–Trinajstić information content (AvgIpc) is 2.22. The number of rotatable bonds is 8. The van der Waals surface area contributed by atoms with Crippen LogP contribution in [0, 0.1) is 11.8 Å². The van der Waals surface area contributed by atoms with Crippen LogP contribution in [0.15, 0.2) is 0 Å². The number of nitrogens with two attached hydrogens (primary N) is 1. The van der Waals surface area contributed by atoms with E-state index in [2.05, 4.69) is 12.2 Å². The summed E-state index contributed by atoms with van der Waals surface area (Å²) in [6, 6.07) is -0.411. The van der Waals surface area contributed by atoms with Gasteiger partial charge in [-0.05, 0) is 24.7 Å². The van der Waals surface area contributed by atoms with Gasteiger partial charge in [0.05, 0.1) is 6.04 Å². The number of aliphatic hydroxyl groups excluding tert-OH is 1. The third-order valence-electron chi connectivity index (χ3n) is 2.74. The molecule has 0 aromatic rings. The molecular weight excluding hydrogens is 204 g/mol. The highest BCUT2D eigenvalue weighted by molar-refractivity contribution is 5.81. The molecule has 0 rings (SSSR count). The van der Waals surface area contributed by atoms with Crippen LogP contribution in [-0.2, 0) is 4.79 Å². The Bertz CT molecular complexity index is 195. The molecule has 4 nitrogen and oxygen atoms in total. The molecule has 16 heavy (non-hydrogen) atoms. The second-order valence-electron chi connectivity index (χ2n) is 4.77. The summed E-state index contributed by atoms with van der Waals surface area (Å²) in [5, 5.41) is 11.7. The number of hydrogen-bond donors (Lipinski definition) is 3. The molecule has 0 spiro atoms. The summed E-state index contributed by atoms with van der Waals surface area (Å²) in [6.45, 7) is 6.94. The zero-order valence-corrected chi connectivity index (χ0v) is 10.7. The SMILES string of the molecule is CCC(CCO)CNC(=O)[C@@H](N)CC(C)C. The van der Waals surface area contributed by atoms with Gasteiger partial charge in [0.1, 0.15) is 0 Å². The summed E-state index contributed by atoms with van der Waals surface area (Å²) in [4.78, 5) is 11.6. The summed E-state index contributed by atoms with van der Waals surface area (Å²) in [5.74, 6) is 0.699. The number of nitrogens with one attached hydrogen (secondary N) is 1. The highest BCUT2D eigenvalue weighted by atomic mass is 16.3. The van der Waals surface area contributed by atoms with Crippen molar-refractivity contribution >= 4 is 5.91 Å². The minimum Gasteiger partial charge on any atom is -0.396 e. The Morgan fingerprint density at radius 2 is 2.06 bits per heavy atom. The second-order valence-corrected chi connectivity index (χ2v) is 4.77. The van der Waals surface area contributed by atoms with Crippen molar-refractivity contribution in [3.63, 3.8) is 0 Å². The van der Waals surface area contributed by atoms with Crippen LogP contribution in [0.5, 0.6) is 0 Å². The molecule has 0 aliphatic heterocycles. The van der Waals surface area contributed by atoms with Crippen LogP contribution in [0.4, 0.5) is 0 Å². The molecule has 2 atom stereocenters. The van der Waals surface area contributed by atoms with E-state index in [9.17, 15) is 4.79 Å². The number of carbonyl (C=O) groups is 1. The van der Waals surface area contributed by atoms with Gasteiger partial charge in [0.25, 0.3) is 0 Å². The lowest BCUT2D eigenvalue weighted by Crippen LogP contribution is -2.43. The number of aliphatic hydroxyl groups is 1. The zero-order valence-electron chi connectivity index (χ0n) is 10.7. The van der Waals surface area contributed by atoms with Crippen LogP contribution in [0.3, 0.4) is 0 Å². The van der Waals surface area contributed by atoms with Gasteiger partial charge in [-0.1, -0.05) is 27.2 Å². The minimum atomic E-state index is -0.411. The molecule has 0 radical (unpaired) electrons. The molecule has 0 aliphatic carbocycles. The van der Waals surface area contributed by atoms with Crippen molar-refractivity contribution in [2.24, 2.45) is 17.6 Å². The molecule has 0 aromatic heterocycles. The maximum atomic E-state index is 11.6. The Hall–Kier alpha value is -0.610. The topological polar surface area (TPSA) is 75.3 Å². The molecule has 0 bridgehead atoms. The van der Waals surface area contributed by atoms with E-state index >= 15 is 0 Å². The Morgan fingerprint density at radius 1 is 1.44 bits per heavy atom. The van der Waals surface area contributed by atoms with E-state index in [1.165, 1.54) is 0 Å². The van der Waals surface area contributed by atoms with Crippen LogP contribution in [-0.4, -0.2) is 30.2 Å². The Balaban J connectivity index is 3.86. The number of amides is 1. The molecule has 0 saturated heterocycles. The fourth-order valence-electron chi connectivity index (χ4n) is 1.62. The van der Waals surface area contributed by atoms with Crippen LogP contribution in [0.1, 0.15) is 40.0 Å². The lowest BCUT2D eigenvalue weighted by molar-refractivity contribution is -0.122. The Labute approximate surface area is 98.6 Å². The lowest BCUT2D eigenvalue weighted by atomic mass is 10.0. The molecule has 4 N–H and O–H groups in total. The van der Waals surface area contributed by atoms with E-state index in [4.69, 9.17) is 10.8 Å². The summed E-state index contributed by atoms with van der Waals surface area (Å²) in [7, 11) is 0. The van der Waals surface area contributed by atoms with Gasteiger partial charge in [0.15, 0.2) is 0 Å². The van der Waals surface area contributed by atoms with Crippen molar-refractivity contribution in [2.75, 3.05) is 13.2 Å². The summed E-state index contributed by atoms with van der Waals surface area (Å²) >= 11 is 0. The molecule has 0 saturated carbocycles. The molecule has 0 aliphatic rings. The third kappa shape index (κ3) is 6.80. The van der Waals surface area contributed by atoms with Crippen molar-refractivity contribution in [3.8, 4) is 0 Å². The van der Waals surface area contributed by atoms with Crippen LogP contribution in [0.2, 0.25) is 0 Å². The Kier molecular flexibility index (Phi) is 8.21. The summed E-state index contributed by atoms with van der Waals surface area (Å²) in [6.07, 6.45) is 2.40. The normalized spacial score (nSPS) is 14.9. The number of hydrogen-bond acceptors (Lipinski definition) is 3. The second kappa shape index (κ2) is 8.53. The maximum absolute atomic E-state index is 11.6. The first kappa shape index (κ1) is 15.4. The van der Waals surface area contributed by atoms with Crippen LogP contribution < -0.4 is 11.1 Å². The monoisotopic (exact) mass is 230 g/mol. The van der Waals surface area contributed by atoms with Crippen molar-refractivity contribution < 1.29 is 9.90 Å². The predicted molar refractivity (Wildman–Crippen MR) is 65.9 cm³/mol. The van der Waals surface area contributed by atoms with E-state index in [1.807, 2.05) is 13.8 Å². The lowest BCUT2D eigenvalue weighted by Gasteiger charge is -2.18.